The summed E-state index contributed by atoms with van der Waals surface area (Å²) in [6.07, 6.45) is 2.19. The van der Waals surface area contributed by atoms with Crippen LogP contribution < -0.4 is 10.4 Å². The van der Waals surface area contributed by atoms with Crippen LogP contribution in [0, 0.1) is 0 Å². The van der Waals surface area contributed by atoms with E-state index in [4.69, 9.17) is 0 Å². The molecule has 0 atom stereocenters. The molecule has 112 valence electrons. The van der Waals surface area contributed by atoms with Crippen LogP contribution in [0.25, 0.3) is 0 Å². The van der Waals surface area contributed by atoms with E-state index in [-0.39, 0.29) is 5.04 Å². The predicted molar refractivity (Wildman–Crippen MR) is 102 cm³/mol. The largest absolute Gasteiger partial charge is 0.424 e. The highest BCUT2D eigenvalue weighted by molar-refractivity contribution is 14.1. The van der Waals surface area contributed by atoms with Gasteiger partial charge in [0.05, 0.1) is 0 Å². The molecule has 0 aliphatic carbocycles. The molecule has 0 radical (unpaired) electrons. The summed E-state index contributed by atoms with van der Waals surface area (Å²) >= 11 is 2.42. The smallest absolute Gasteiger partial charge is 0.258 e. The molecule has 0 saturated carbocycles. The summed E-state index contributed by atoms with van der Waals surface area (Å²) in [6, 6.07) is 20.5. The fourth-order valence-electron chi connectivity index (χ4n) is 3.00. The fraction of sp³-hybridized carbons (Fsp3) is 0.333. The first-order chi connectivity index (χ1) is 10.0. The van der Waals surface area contributed by atoms with Gasteiger partial charge in [-0.3, -0.25) is 0 Å². The fourth-order valence-corrected chi connectivity index (χ4v) is 7.16. The average molecular weight is 410 g/mol. The molecule has 0 aliphatic heterocycles. The van der Waals surface area contributed by atoms with Crippen molar-refractivity contribution in [2.24, 2.45) is 0 Å². The molecular formula is C18H23IOSi. The minimum Gasteiger partial charge on any atom is -0.424 e. The van der Waals surface area contributed by atoms with Crippen molar-refractivity contribution < 1.29 is 4.80 Å². The molecule has 0 fully saturated rings. The van der Waals surface area contributed by atoms with Crippen molar-refractivity contribution in [2.45, 2.75) is 31.7 Å². The molecular weight excluding hydrogens is 387 g/mol. The van der Waals surface area contributed by atoms with Crippen LogP contribution in [-0.4, -0.2) is 17.5 Å². The van der Waals surface area contributed by atoms with E-state index >= 15 is 0 Å². The Morgan fingerprint density at radius 1 is 0.905 bits per heavy atom. The molecule has 2 aromatic rings. The molecule has 0 spiro atoms. The number of hydrogen-bond donors (Lipinski definition) is 1. The summed E-state index contributed by atoms with van der Waals surface area (Å²) in [5.74, 6) is 0. The van der Waals surface area contributed by atoms with Gasteiger partial charge >= 0.3 is 0 Å². The van der Waals surface area contributed by atoms with Gasteiger partial charge in [-0.1, -0.05) is 97.1 Å². The van der Waals surface area contributed by atoms with Crippen molar-refractivity contribution in [3.05, 3.63) is 60.7 Å². The van der Waals surface area contributed by atoms with Crippen LogP contribution in [0.5, 0.6) is 0 Å². The highest BCUT2D eigenvalue weighted by Crippen LogP contribution is 2.39. The Bertz CT molecular complexity index is 514. The lowest BCUT2D eigenvalue weighted by molar-refractivity contribution is 0.465. The third kappa shape index (κ3) is 3.41. The number of rotatable bonds is 6. The molecule has 1 N–H and O–H groups in total. The zero-order chi connectivity index (χ0) is 15.3. The molecule has 21 heavy (non-hydrogen) atoms. The van der Waals surface area contributed by atoms with Crippen LogP contribution in [0.3, 0.4) is 0 Å². The third-order valence-electron chi connectivity index (χ3n) is 4.30. The van der Waals surface area contributed by atoms with Gasteiger partial charge in [-0.25, -0.2) is 0 Å². The molecule has 2 rings (SSSR count). The summed E-state index contributed by atoms with van der Waals surface area (Å²) in [6.45, 7) is 4.46. The minimum absolute atomic E-state index is 0.0964. The van der Waals surface area contributed by atoms with E-state index in [9.17, 15) is 4.80 Å². The predicted octanol–water partition coefficient (Wildman–Crippen LogP) is 3.73. The Kier molecular flexibility index (Phi) is 5.63. The first-order valence-electron chi connectivity index (χ1n) is 7.42. The average Bonchev–Trinajstić information content (AvgIpc) is 2.53. The van der Waals surface area contributed by atoms with Gasteiger partial charge in [-0.05, 0) is 32.7 Å². The first kappa shape index (κ1) is 16.7. The summed E-state index contributed by atoms with van der Waals surface area (Å²) in [7, 11) is -2.77. The van der Waals surface area contributed by atoms with Crippen molar-refractivity contribution in [2.75, 3.05) is 4.43 Å². The Hall–Kier alpha value is -0.653. The molecule has 3 heteroatoms. The molecule has 0 amide bonds. The van der Waals surface area contributed by atoms with E-state index in [0.717, 1.165) is 27.6 Å². The van der Waals surface area contributed by atoms with Crippen molar-refractivity contribution >= 4 is 41.3 Å². The molecule has 1 nitrogen and oxygen atoms in total. The van der Waals surface area contributed by atoms with Crippen LogP contribution in [0.2, 0.25) is 5.04 Å². The van der Waals surface area contributed by atoms with Crippen molar-refractivity contribution in [1.29, 1.82) is 0 Å². The maximum absolute atomic E-state index is 11.8. The molecule has 0 aromatic heterocycles. The van der Waals surface area contributed by atoms with Crippen molar-refractivity contribution in [3.63, 3.8) is 0 Å². The molecule has 0 unspecified atom stereocenters. The zero-order valence-corrected chi connectivity index (χ0v) is 15.9. The summed E-state index contributed by atoms with van der Waals surface area (Å²) < 4.78 is 1.13. The summed E-state index contributed by atoms with van der Waals surface area (Å²) in [5.41, 5.74) is 0. The number of alkyl halides is 1. The second-order valence-electron chi connectivity index (χ2n) is 6.12. The Labute approximate surface area is 142 Å². The molecule has 0 bridgehead atoms. The molecule has 0 saturated heterocycles. The third-order valence-corrected chi connectivity index (χ3v) is 9.61. The lowest BCUT2D eigenvalue weighted by Crippen LogP contribution is -2.65. The van der Waals surface area contributed by atoms with E-state index in [1.54, 1.807) is 0 Å². The Morgan fingerprint density at radius 2 is 1.33 bits per heavy atom. The molecule has 2 aromatic carbocycles. The van der Waals surface area contributed by atoms with Crippen molar-refractivity contribution in [3.8, 4) is 0 Å². The van der Waals surface area contributed by atoms with Crippen LogP contribution >= 0.6 is 22.6 Å². The van der Waals surface area contributed by atoms with Gasteiger partial charge in [0.15, 0.2) is 0 Å². The zero-order valence-electron chi connectivity index (χ0n) is 12.7. The van der Waals surface area contributed by atoms with Gasteiger partial charge in [0.2, 0.25) is 0 Å². The van der Waals surface area contributed by atoms with Crippen LogP contribution in [-0.2, 0) is 0 Å². The molecule has 0 aliphatic rings. The Morgan fingerprint density at radius 3 is 1.71 bits per heavy atom. The Balaban J connectivity index is 2.55. The summed E-state index contributed by atoms with van der Waals surface area (Å²) in [4.78, 5) is 11.8. The lowest BCUT2D eigenvalue weighted by Gasteiger charge is -2.41. The van der Waals surface area contributed by atoms with Crippen molar-refractivity contribution in [1.82, 2.24) is 0 Å². The SMILES string of the molecule is CC(C)(CCCI)[Si](O)(c1ccccc1)c1ccccc1. The van der Waals surface area contributed by atoms with Gasteiger partial charge in [-0.15, -0.1) is 0 Å². The van der Waals surface area contributed by atoms with Crippen LogP contribution in [0.1, 0.15) is 26.7 Å². The number of hydrogen-bond acceptors (Lipinski definition) is 1. The van der Waals surface area contributed by atoms with E-state index in [1.807, 2.05) is 36.4 Å². The first-order valence-corrected chi connectivity index (χ1v) is 10.9. The summed E-state index contributed by atoms with van der Waals surface area (Å²) in [5, 5.41) is 2.12. The molecule has 0 heterocycles. The van der Waals surface area contributed by atoms with Crippen LogP contribution in [0.15, 0.2) is 60.7 Å². The normalized spacial score (nSPS) is 12.4. The standard InChI is InChI=1S/C18H23IOSi/c1-18(2,14-9-15-19)21(20,16-10-5-3-6-11-16)17-12-7-4-8-13-17/h3-8,10-13,20H,9,14-15H2,1-2H3. The topological polar surface area (TPSA) is 20.2 Å². The monoisotopic (exact) mass is 410 g/mol. The van der Waals surface area contributed by atoms with Crippen LogP contribution in [0.4, 0.5) is 0 Å². The van der Waals surface area contributed by atoms with E-state index in [2.05, 4.69) is 60.7 Å². The van der Waals surface area contributed by atoms with Gasteiger partial charge in [0.25, 0.3) is 8.32 Å². The second-order valence-corrected chi connectivity index (χ2v) is 11.1. The van der Waals surface area contributed by atoms with E-state index in [1.165, 1.54) is 0 Å². The quantitative estimate of drug-likeness (QED) is 0.437. The van der Waals surface area contributed by atoms with E-state index in [0.29, 0.717) is 0 Å². The van der Waals surface area contributed by atoms with Gasteiger partial charge in [0, 0.05) is 0 Å². The maximum atomic E-state index is 11.8. The minimum atomic E-state index is -2.77. The highest BCUT2D eigenvalue weighted by atomic mass is 127. The second kappa shape index (κ2) is 7.07. The number of halogens is 1. The van der Waals surface area contributed by atoms with Gasteiger partial charge in [-0.2, -0.15) is 0 Å². The number of benzene rings is 2. The maximum Gasteiger partial charge on any atom is 0.258 e. The highest BCUT2D eigenvalue weighted by Gasteiger charge is 2.49. The lowest BCUT2D eigenvalue weighted by atomic mass is 10.1. The van der Waals surface area contributed by atoms with Gasteiger partial charge in [0.1, 0.15) is 0 Å². The van der Waals surface area contributed by atoms with E-state index < -0.39 is 8.32 Å². The van der Waals surface area contributed by atoms with Gasteiger partial charge < -0.3 is 4.80 Å².